The van der Waals surface area contributed by atoms with Crippen molar-refractivity contribution < 1.29 is 17.9 Å². The van der Waals surface area contributed by atoms with E-state index in [1.165, 1.54) is 30.7 Å². The van der Waals surface area contributed by atoms with Crippen molar-refractivity contribution in [2.45, 2.75) is 6.18 Å². The van der Waals surface area contributed by atoms with Gasteiger partial charge in [-0.1, -0.05) is 0 Å². The molecule has 6 heteroatoms. The van der Waals surface area contributed by atoms with Gasteiger partial charge in [-0.2, -0.15) is 13.2 Å². The van der Waals surface area contributed by atoms with Crippen molar-refractivity contribution in [3.63, 3.8) is 0 Å². The predicted octanol–water partition coefficient (Wildman–Crippen LogP) is 3.29. The molecule has 1 aromatic carbocycles. The molecule has 2 rings (SSSR count). The molecule has 0 bridgehead atoms. The second-order valence-electron chi connectivity index (χ2n) is 3.17. The van der Waals surface area contributed by atoms with Gasteiger partial charge < -0.3 is 4.74 Å². The van der Waals surface area contributed by atoms with E-state index in [1.54, 1.807) is 0 Å². The number of aromatic nitrogens is 2. The van der Waals surface area contributed by atoms with Crippen molar-refractivity contribution in [1.82, 2.24) is 9.97 Å². The molecule has 0 spiro atoms. The number of halogens is 3. The Morgan fingerprint density at radius 2 is 1.71 bits per heavy atom. The minimum Gasteiger partial charge on any atom is -0.439 e. The summed E-state index contributed by atoms with van der Waals surface area (Å²) in [6.45, 7) is 0. The van der Waals surface area contributed by atoms with Gasteiger partial charge in [0.15, 0.2) is 0 Å². The highest BCUT2D eigenvalue weighted by Gasteiger charge is 2.30. The van der Waals surface area contributed by atoms with Crippen LogP contribution >= 0.6 is 0 Å². The summed E-state index contributed by atoms with van der Waals surface area (Å²) in [5.41, 5.74) is -0.715. The van der Waals surface area contributed by atoms with Crippen LogP contribution in [0.25, 0.3) is 0 Å². The lowest BCUT2D eigenvalue weighted by Crippen LogP contribution is -2.04. The van der Waals surface area contributed by atoms with E-state index in [1.807, 2.05) is 0 Å². The number of ether oxygens (including phenoxy) is 1. The van der Waals surface area contributed by atoms with Crippen LogP contribution in [-0.2, 0) is 6.18 Å². The van der Waals surface area contributed by atoms with Crippen molar-refractivity contribution in [2.24, 2.45) is 0 Å². The maximum atomic E-state index is 12.3. The Morgan fingerprint density at radius 1 is 1.00 bits per heavy atom. The molecule has 0 radical (unpaired) electrons. The third-order valence-electron chi connectivity index (χ3n) is 1.96. The van der Waals surface area contributed by atoms with Crippen LogP contribution in [0.4, 0.5) is 13.2 Å². The van der Waals surface area contributed by atoms with Crippen molar-refractivity contribution in [3.05, 3.63) is 48.4 Å². The van der Waals surface area contributed by atoms with E-state index >= 15 is 0 Å². The minimum absolute atomic E-state index is 0.278. The molecule has 0 aliphatic carbocycles. The molecule has 0 saturated carbocycles. The Hall–Kier alpha value is -2.11. The van der Waals surface area contributed by atoms with Gasteiger partial charge in [0.25, 0.3) is 0 Å². The van der Waals surface area contributed by atoms with Crippen LogP contribution in [0, 0.1) is 0 Å². The zero-order chi connectivity index (χ0) is 12.3. The molecule has 0 fully saturated rings. The fourth-order valence-corrected chi connectivity index (χ4v) is 1.17. The number of rotatable bonds is 2. The van der Waals surface area contributed by atoms with Crippen LogP contribution in [0.2, 0.25) is 0 Å². The number of benzene rings is 1. The lowest BCUT2D eigenvalue weighted by Gasteiger charge is -2.07. The van der Waals surface area contributed by atoms with Crippen LogP contribution in [0.15, 0.2) is 42.9 Å². The summed E-state index contributed by atoms with van der Waals surface area (Å²) in [4.78, 5) is 7.48. The molecule has 2 aromatic rings. The number of nitrogens with zero attached hydrogens (tertiary/aromatic N) is 2. The summed E-state index contributed by atoms with van der Waals surface area (Å²) in [5, 5.41) is 0. The monoisotopic (exact) mass is 240 g/mol. The van der Waals surface area contributed by atoms with Gasteiger partial charge >= 0.3 is 6.18 Å². The predicted molar refractivity (Wildman–Crippen MR) is 53.6 cm³/mol. The standard InChI is InChI=1S/C11H7F3N2O/c12-11(13,14)8-1-3-9(4-2-8)17-10-5-6-15-7-16-10/h1-7H. The molecule has 17 heavy (non-hydrogen) atoms. The highest BCUT2D eigenvalue weighted by Crippen LogP contribution is 2.30. The van der Waals surface area contributed by atoms with Crippen molar-refractivity contribution in [2.75, 3.05) is 0 Å². The van der Waals surface area contributed by atoms with E-state index in [9.17, 15) is 13.2 Å². The summed E-state index contributed by atoms with van der Waals surface area (Å²) in [5.74, 6) is 0.566. The van der Waals surface area contributed by atoms with Crippen molar-refractivity contribution in [1.29, 1.82) is 0 Å². The first-order chi connectivity index (χ1) is 8.05. The fraction of sp³-hybridized carbons (Fsp3) is 0.0909. The zero-order valence-electron chi connectivity index (χ0n) is 8.48. The van der Waals surface area contributed by atoms with Crippen molar-refractivity contribution in [3.8, 4) is 11.6 Å². The van der Waals surface area contributed by atoms with Crippen LogP contribution < -0.4 is 4.74 Å². The number of hydrogen-bond donors (Lipinski definition) is 0. The molecule has 88 valence electrons. The van der Waals surface area contributed by atoms with Gasteiger partial charge in [0.1, 0.15) is 12.1 Å². The van der Waals surface area contributed by atoms with E-state index in [4.69, 9.17) is 4.74 Å². The molecule has 0 unspecified atom stereocenters. The molecular weight excluding hydrogens is 233 g/mol. The molecule has 1 aromatic heterocycles. The van der Waals surface area contributed by atoms with Gasteiger partial charge in [-0.3, -0.25) is 0 Å². The third-order valence-corrected chi connectivity index (χ3v) is 1.96. The average Bonchev–Trinajstić information content (AvgIpc) is 2.30. The normalized spacial score (nSPS) is 11.2. The number of hydrogen-bond acceptors (Lipinski definition) is 3. The molecule has 3 nitrogen and oxygen atoms in total. The van der Waals surface area contributed by atoms with Gasteiger partial charge in [0.05, 0.1) is 5.56 Å². The second kappa shape index (κ2) is 4.40. The van der Waals surface area contributed by atoms with E-state index in [0.29, 0.717) is 0 Å². The Balaban J connectivity index is 2.14. The first kappa shape index (κ1) is 11.4. The van der Waals surface area contributed by atoms with E-state index < -0.39 is 11.7 Å². The Labute approximate surface area is 94.9 Å². The van der Waals surface area contributed by atoms with E-state index in [2.05, 4.69) is 9.97 Å². The maximum Gasteiger partial charge on any atom is 0.416 e. The van der Waals surface area contributed by atoms with E-state index in [-0.39, 0.29) is 11.6 Å². The highest BCUT2D eigenvalue weighted by atomic mass is 19.4. The van der Waals surface area contributed by atoms with Gasteiger partial charge in [0.2, 0.25) is 5.88 Å². The summed E-state index contributed by atoms with van der Waals surface area (Å²) >= 11 is 0. The largest absolute Gasteiger partial charge is 0.439 e. The SMILES string of the molecule is FC(F)(F)c1ccc(Oc2ccncn2)cc1. The van der Waals surface area contributed by atoms with Crippen LogP contribution in [0.3, 0.4) is 0 Å². The minimum atomic E-state index is -4.34. The highest BCUT2D eigenvalue weighted by molar-refractivity contribution is 5.31. The van der Waals surface area contributed by atoms with Gasteiger partial charge in [-0.15, -0.1) is 0 Å². The quantitative estimate of drug-likeness (QED) is 0.807. The maximum absolute atomic E-state index is 12.3. The Bertz CT molecular complexity index is 482. The van der Waals surface area contributed by atoms with Gasteiger partial charge in [-0.25, -0.2) is 9.97 Å². The first-order valence-corrected chi connectivity index (χ1v) is 4.67. The molecule has 0 saturated heterocycles. The smallest absolute Gasteiger partial charge is 0.416 e. The van der Waals surface area contributed by atoms with E-state index in [0.717, 1.165) is 12.1 Å². The summed E-state index contributed by atoms with van der Waals surface area (Å²) in [7, 11) is 0. The van der Waals surface area contributed by atoms with Crippen LogP contribution in [-0.4, -0.2) is 9.97 Å². The topological polar surface area (TPSA) is 35.0 Å². The number of alkyl halides is 3. The van der Waals surface area contributed by atoms with Crippen molar-refractivity contribution >= 4 is 0 Å². The van der Waals surface area contributed by atoms with Crippen LogP contribution in [0.1, 0.15) is 5.56 Å². The Kier molecular flexibility index (Phi) is 2.95. The molecule has 0 aliphatic rings. The lowest BCUT2D eigenvalue weighted by atomic mass is 10.2. The summed E-state index contributed by atoms with van der Waals surface area (Å²) < 4.78 is 42.1. The summed E-state index contributed by atoms with van der Waals surface area (Å²) in [6.07, 6.45) is -1.57. The lowest BCUT2D eigenvalue weighted by molar-refractivity contribution is -0.137. The molecule has 0 atom stereocenters. The molecule has 0 N–H and O–H groups in total. The molecule has 0 aliphatic heterocycles. The molecule has 0 amide bonds. The van der Waals surface area contributed by atoms with Gasteiger partial charge in [-0.05, 0) is 24.3 Å². The zero-order valence-corrected chi connectivity index (χ0v) is 8.48. The average molecular weight is 240 g/mol. The summed E-state index contributed by atoms with van der Waals surface area (Å²) in [6, 6.07) is 5.90. The van der Waals surface area contributed by atoms with Gasteiger partial charge in [0, 0.05) is 12.3 Å². The Morgan fingerprint density at radius 3 is 2.24 bits per heavy atom. The van der Waals surface area contributed by atoms with Crippen LogP contribution in [0.5, 0.6) is 11.6 Å². The molecule has 1 heterocycles. The first-order valence-electron chi connectivity index (χ1n) is 4.67. The fourth-order valence-electron chi connectivity index (χ4n) is 1.17. The molecular formula is C11H7F3N2O. The second-order valence-corrected chi connectivity index (χ2v) is 3.17. The third kappa shape index (κ3) is 2.93.